The molecular formula is C9H14O. The van der Waals surface area contributed by atoms with Crippen LogP contribution in [0.25, 0.3) is 0 Å². The average Bonchev–Trinajstić information content (AvgIpc) is 2.02. The first-order chi connectivity index (χ1) is 4.89. The first-order valence-electron chi connectivity index (χ1n) is 3.89. The van der Waals surface area contributed by atoms with E-state index in [1.165, 1.54) is 0 Å². The molecule has 0 heterocycles. The van der Waals surface area contributed by atoms with Crippen LogP contribution in [0.4, 0.5) is 0 Å². The lowest BCUT2D eigenvalue weighted by Gasteiger charge is -2.05. The molecule has 10 heavy (non-hydrogen) atoms. The maximum Gasteiger partial charge on any atom is 0.0546 e. The van der Waals surface area contributed by atoms with E-state index in [1.807, 2.05) is 0 Å². The van der Waals surface area contributed by atoms with E-state index in [9.17, 15) is 5.11 Å². The van der Waals surface area contributed by atoms with Crippen LogP contribution in [0.1, 0.15) is 25.7 Å². The minimum absolute atomic E-state index is 0.0904. The summed E-state index contributed by atoms with van der Waals surface area (Å²) in [6.45, 7) is 0. The van der Waals surface area contributed by atoms with Crippen molar-refractivity contribution in [2.75, 3.05) is 0 Å². The van der Waals surface area contributed by atoms with Crippen molar-refractivity contribution in [1.29, 1.82) is 0 Å². The molecule has 56 valence electrons. The van der Waals surface area contributed by atoms with Gasteiger partial charge in [-0.05, 0) is 25.7 Å². The lowest BCUT2D eigenvalue weighted by Crippen LogP contribution is -2.04. The van der Waals surface area contributed by atoms with E-state index in [0.717, 1.165) is 25.7 Å². The second-order valence-corrected chi connectivity index (χ2v) is 2.66. The van der Waals surface area contributed by atoms with E-state index >= 15 is 0 Å². The molecule has 0 aromatic heterocycles. The lowest BCUT2D eigenvalue weighted by molar-refractivity contribution is 0.157. The standard InChI is InChI=1S/C9H14O/c10-9-7-5-3-1-2-4-6-8-9/h1-4,9-10H,5-8H2. The van der Waals surface area contributed by atoms with Gasteiger partial charge in [-0.2, -0.15) is 0 Å². The molecule has 0 bridgehead atoms. The van der Waals surface area contributed by atoms with Crippen molar-refractivity contribution in [3.05, 3.63) is 24.3 Å². The molecule has 0 saturated carbocycles. The molecule has 1 N–H and O–H groups in total. The summed E-state index contributed by atoms with van der Waals surface area (Å²) in [5, 5.41) is 9.27. The third-order valence-corrected chi connectivity index (χ3v) is 1.72. The highest BCUT2D eigenvalue weighted by Gasteiger charge is 2.00. The topological polar surface area (TPSA) is 20.2 Å². The van der Waals surface area contributed by atoms with Crippen LogP contribution in [0.15, 0.2) is 24.3 Å². The van der Waals surface area contributed by atoms with Crippen LogP contribution in [-0.2, 0) is 0 Å². The molecule has 1 heteroatoms. The maximum absolute atomic E-state index is 9.27. The Morgan fingerprint density at radius 2 is 1.50 bits per heavy atom. The van der Waals surface area contributed by atoms with Crippen LogP contribution in [-0.4, -0.2) is 11.2 Å². The zero-order valence-corrected chi connectivity index (χ0v) is 6.16. The Balaban J connectivity index is 2.37. The summed E-state index contributed by atoms with van der Waals surface area (Å²) in [6.07, 6.45) is 12.1. The van der Waals surface area contributed by atoms with Gasteiger partial charge in [0.1, 0.15) is 0 Å². The van der Waals surface area contributed by atoms with E-state index in [0.29, 0.717) is 0 Å². The van der Waals surface area contributed by atoms with Crippen LogP contribution < -0.4 is 0 Å². The van der Waals surface area contributed by atoms with Gasteiger partial charge in [-0.3, -0.25) is 0 Å². The molecule has 1 aliphatic carbocycles. The molecule has 1 nitrogen and oxygen atoms in total. The molecule has 1 rings (SSSR count). The molecule has 0 amide bonds. The molecule has 0 saturated heterocycles. The van der Waals surface area contributed by atoms with Gasteiger partial charge in [0.05, 0.1) is 6.10 Å². The van der Waals surface area contributed by atoms with Crippen molar-refractivity contribution in [1.82, 2.24) is 0 Å². The first kappa shape index (κ1) is 7.55. The number of allylic oxidation sites excluding steroid dienone is 4. The summed E-state index contributed by atoms with van der Waals surface area (Å²) < 4.78 is 0. The molecule has 1 aliphatic rings. The van der Waals surface area contributed by atoms with Gasteiger partial charge in [0.25, 0.3) is 0 Å². The first-order valence-corrected chi connectivity index (χ1v) is 3.89. The van der Waals surface area contributed by atoms with Crippen LogP contribution in [0.2, 0.25) is 0 Å². The quantitative estimate of drug-likeness (QED) is 0.543. The summed E-state index contributed by atoms with van der Waals surface area (Å²) in [7, 11) is 0. The molecule has 0 fully saturated rings. The van der Waals surface area contributed by atoms with Gasteiger partial charge in [-0.15, -0.1) is 0 Å². The smallest absolute Gasteiger partial charge is 0.0546 e. The fraction of sp³-hybridized carbons (Fsp3) is 0.556. The summed E-state index contributed by atoms with van der Waals surface area (Å²) >= 11 is 0. The van der Waals surface area contributed by atoms with Crippen molar-refractivity contribution in [2.24, 2.45) is 0 Å². The highest BCUT2D eigenvalue weighted by atomic mass is 16.3. The van der Waals surface area contributed by atoms with E-state index in [-0.39, 0.29) is 6.10 Å². The van der Waals surface area contributed by atoms with Crippen molar-refractivity contribution in [3.63, 3.8) is 0 Å². The Kier molecular flexibility index (Phi) is 3.23. The zero-order valence-electron chi connectivity index (χ0n) is 6.16. The largest absolute Gasteiger partial charge is 0.393 e. The second-order valence-electron chi connectivity index (χ2n) is 2.66. The summed E-state index contributed by atoms with van der Waals surface area (Å²) in [5.74, 6) is 0. The Labute approximate surface area is 62.1 Å². The van der Waals surface area contributed by atoms with E-state index in [4.69, 9.17) is 0 Å². The number of rotatable bonds is 0. The van der Waals surface area contributed by atoms with E-state index < -0.39 is 0 Å². The number of aliphatic hydroxyl groups excluding tert-OH is 1. The highest BCUT2D eigenvalue weighted by Crippen LogP contribution is 2.07. The number of hydrogen-bond donors (Lipinski definition) is 1. The van der Waals surface area contributed by atoms with E-state index in [2.05, 4.69) is 24.3 Å². The highest BCUT2D eigenvalue weighted by molar-refractivity contribution is 5.03. The van der Waals surface area contributed by atoms with Gasteiger partial charge >= 0.3 is 0 Å². The van der Waals surface area contributed by atoms with Crippen LogP contribution in [0.3, 0.4) is 0 Å². The third-order valence-electron chi connectivity index (χ3n) is 1.72. The monoisotopic (exact) mass is 138 g/mol. The van der Waals surface area contributed by atoms with Gasteiger partial charge in [0.15, 0.2) is 0 Å². The fourth-order valence-corrected chi connectivity index (χ4v) is 1.07. The lowest BCUT2D eigenvalue weighted by atomic mass is 10.1. The maximum atomic E-state index is 9.27. The van der Waals surface area contributed by atoms with Crippen LogP contribution in [0.5, 0.6) is 0 Å². The molecule has 0 radical (unpaired) electrons. The number of aliphatic hydroxyl groups is 1. The van der Waals surface area contributed by atoms with Crippen LogP contribution >= 0.6 is 0 Å². The van der Waals surface area contributed by atoms with Crippen molar-refractivity contribution >= 4 is 0 Å². The third kappa shape index (κ3) is 2.83. The molecule has 0 aliphatic heterocycles. The molecular weight excluding hydrogens is 124 g/mol. The summed E-state index contributed by atoms with van der Waals surface area (Å²) in [6, 6.07) is 0. The Morgan fingerprint density at radius 1 is 1.00 bits per heavy atom. The van der Waals surface area contributed by atoms with Gasteiger partial charge in [0.2, 0.25) is 0 Å². The normalized spacial score (nSPS) is 27.1. The van der Waals surface area contributed by atoms with Gasteiger partial charge in [-0.25, -0.2) is 0 Å². The van der Waals surface area contributed by atoms with Crippen LogP contribution in [0, 0.1) is 0 Å². The molecule has 0 spiro atoms. The summed E-state index contributed by atoms with van der Waals surface area (Å²) in [5.41, 5.74) is 0. The van der Waals surface area contributed by atoms with Gasteiger partial charge in [0, 0.05) is 0 Å². The van der Waals surface area contributed by atoms with Crippen molar-refractivity contribution < 1.29 is 5.11 Å². The summed E-state index contributed by atoms with van der Waals surface area (Å²) in [4.78, 5) is 0. The van der Waals surface area contributed by atoms with E-state index in [1.54, 1.807) is 0 Å². The predicted molar refractivity (Wildman–Crippen MR) is 42.8 cm³/mol. The minimum Gasteiger partial charge on any atom is -0.393 e. The van der Waals surface area contributed by atoms with Crippen molar-refractivity contribution in [2.45, 2.75) is 31.8 Å². The molecule has 0 aromatic carbocycles. The molecule has 0 atom stereocenters. The average molecular weight is 138 g/mol. The Bertz CT molecular complexity index is 120. The van der Waals surface area contributed by atoms with Gasteiger partial charge < -0.3 is 5.11 Å². The SMILES string of the molecule is OC1CCC=CC=CCC1. The Hall–Kier alpha value is -0.560. The minimum atomic E-state index is -0.0904. The predicted octanol–water partition coefficient (Wildman–Crippen LogP) is 2.03. The molecule has 0 unspecified atom stereocenters. The number of hydrogen-bond acceptors (Lipinski definition) is 1. The molecule has 0 aromatic rings. The van der Waals surface area contributed by atoms with Gasteiger partial charge in [-0.1, -0.05) is 24.3 Å². The van der Waals surface area contributed by atoms with Crippen molar-refractivity contribution in [3.8, 4) is 0 Å². The fourth-order valence-electron chi connectivity index (χ4n) is 1.07. The Morgan fingerprint density at radius 3 is 2.00 bits per heavy atom. The zero-order chi connectivity index (χ0) is 7.23. The second kappa shape index (κ2) is 4.29.